The SMILES string of the molecule is C=CC(O)C1OC2SC(N3CCCC3)=NC2C(O)C1O. The first-order chi connectivity index (χ1) is 9.61. The van der Waals surface area contributed by atoms with Crippen molar-refractivity contribution >= 4 is 16.9 Å². The molecule has 3 N–H and O–H groups in total. The van der Waals surface area contributed by atoms with Crippen molar-refractivity contribution in [2.24, 2.45) is 4.99 Å². The molecule has 3 heterocycles. The molecule has 0 radical (unpaired) electrons. The molecule has 2 fully saturated rings. The molecule has 112 valence electrons. The summed E-state index contributed by atoms with van der Waals surface area (Å²) < 4.78 is 5.73. The molecule has 0 saturated carbocycles. The van der Waals surface area contributed by atoms with E-state index >= 15 is 0 Å². The maximum Gasteiger partial charge on any atom is 0.162 e. The van der Waals surface area contributed by atoms with E-state index in [0.717, 1.165) is 31.1 Å². The minimum atomic E-state index is -1.16. The molecule has 3 aliphatic rings. The predicted molar refractivity (Wildman–Crippen MR) is 76.5 cm³/mol. The van der Waals surface area contributed by atoms with Gasteiger partial charge in [-0.3, -0.25) is 4.99 Å². The van der Waals surface area contributed by atoms with E-state index < -0.39 is 30.5 Å². The highest BCUT2D eigenvalue weighted by molar-refractivity contribution is 8.14. The topological polar surface area (TPSA) is 85.5 Å². The van der Waals surface area contributed by atoms with Gasteiger partial charge in [0.15, 0.2) is 5.17 Å². The summed E-state index contributed by atoms with van der Waals surface area (Å²) in [5.74, 6) is 0. The Morgan fingerprint density at radius 2 is 2.05 bits per heavy atom. The largest absolute Gasteiger partial charge is 0.388 e. The Morgan fingerprint density at radius 3 is 2.70 bits per heavy atom. The zero-order chi connectivity index (χ0) is 14.3. The average molecular weight is 300 g/mol. The molecule has 6 nitrogen and oxygen atoms in total. The second kappa shape index (κ2) is 5.65. The van der Waals surface area contributed by atoms with Crippen LogP contribution in [0.25, 0.3) is 0 Å². The van der Waals surface area contributed by atoms with Crippen LogP contribution in [0.3, 0.4) is 0 Å². The van der Waals surface area contributed by atoms with Crippen molar-refractivity contribution in [2.75, 3.05) is 13.1 Å². The number of aliphatic imine (C=N–C) groups is 1. The molecule has 3 rings (SSSR count). The van der Waals surface area contributed by atoms with Gasteiger partial charge < -0.3 is 25.0 Å². The fourth-order valence-corrected chi connectivity index (χ4v) is 4.12. The van der Waals surface area contributed by atoms with Crippen molar-refractivity contribution in [3.05, 3.63) is 12.7 Å². The van der Waals surface area contributed by atoms with Crippen LogP contribution >= 0.6 is 11.8 Å². The van der Waals surface area contributed by atoms with Crippen LogP contribution in [0.2, 0.25) is 0 Å². The Labute approximate surface area is 122 Å². The van der Waals surface area contributed by atoms with Crippen molar-refractivity contribution in [3.63, 3.8) is 0 Å². The van der Waals surface area contributed by atoms with Gasteiger partial charge in [0, 0.05) is 13.1 Å². The number of nitrogens with zero attached hydrogens (tertiary/aromatic N) is 2. The van der Waals surface area contributed by atoms with E-state index in [1.807, 2.05) is 0 Å². The van der Waals surface area contributed by atoms with E-state index in [4.69, 9.17) is 4.74 Å². The number of thioether (sulfide) groups is 1. The Kier molecular flexibility index (Phi) is 4.05. The van der Waals surface area contributed by atoms with Crippen LogP contribution in [0.1, 0.15) is 12.8 Å². The number of aliphatic hydroxyl groups is 3. The number of aliphatic hydroxyl groups excluding tert-OH is 3. The zero-order valence-electron chi connectivity index (χ0n) is 11.1. The Bertz CT molecular complexity index is 413. The molecule has 0 aliphatic carbocycles. The molecule has 3 aliphatic heterocycles. The first-order valence-electron chi connectivity index (χ1n) is 6.93. The molecule has 6 unspecified atom stereocenters. The third kappa shape index (κ3) is 2.37. The third-order valence-electron chi connectivity index (χ3n) is 4.04. The van der Waals surface area contributed by atoms with Gasteiger partial charge in [-0.05, 0) is 12.8 Å². The molecule has 0 amide bonds. The van der Waals surface area contributed by atoms with Gasteiger partial charge in [-0.2, -0.15) is 0 Å². The van der Waals surface area contributed by atoms with Gasteiger partial charge in [0.05, 0.1) is 0 Å². The molecule has 0 aromatic carbocycles. The lowest BCUT2D eigenvalue weighted by molar-refractivity contribution is -0.176. The van der Waals surface area contributed by atoms with Crippen molar-refractivity contribution in [1.82, 2.24) is 4.90 Å². The summed E-state index contributed by atoms with van der Waals surface area (Å²) >= 11 is 1.47. The van der Waals surface area contributed by atoms with Crippen LogP contribution in [0, 0.1) is 0 Å². The Hall–Kier alpha value is -0.600. The second-order valence-electron chi connectivity index (χ2n) is 5.39. The zero-order valence-corrected chi connectivity index (χ0v) is 11.9. The minimum Gasteiger partial charge on any atom is -0.388 e. The molecule has 0 bridgehead atoms. The standard InChI is InChI=1S/C13H20N2O4S/c1-2-7(16)11-10(18)9(17)8-12(19-11)20-13(14-8)15-5-3-4-6-15/h2,7-12,16-18H,1,3-6H2. The first kappa shape index (κ1) is 14.3. The van der Waals surface area contributed by atoms with Gasteiger partial charge in [0.1, 0.15) is 35.9 Å². The first-order valence-corrected chi connectivity index (χ1v) is 7.81. The number of hydrogen-bond acceptors (Lipinski definition) is 7. The lowest BCUT2D eigenvalue weighted by Gasteiger charge is -2.39. The molecule has 2 saturated heterocycles. The summed E-state index contributed by atoms with van der Waals surface area (Å²) in [5, 5.41) is 30.9. The molecule has 20 heavy (non-hydrogen) atoms. The van der Waals surface area contributed by atoms with Crippen LogP contribution in [-0.4, -0.2) is 74.4 Å². The van der Waals surface area contributed by atoms with E-state index in [0.29, 0.717) is 0 Å². The Balaban J connectivity index is 1.74. The number of hydrogen-bond donors (Lipinski definition) is 3. The minimum absolute atomic E-state index is 0.358. The van der Waals surface area contributed by atoms with Crippen LogP contribution in [0.15, 0.2) is 17.6 Å². The fourth-order valence-electron chi connectivity index (χ4n) is 2.85. The summed E-state index contributed by atoms with van der Waals surface area (Å²) in [5.41, 5.74) is -0.358. The summed E-state index contributed by atoms with van der Waals surface area (Å²) in [7, 11) is 0. The summed E-state index contributed by atoms with van der Waals surface area (Å²) in [4.78, 5) is 6.69. The van der Waals surface area contributed by atoms with Gasteiger partial charge >= 0.3 is 0 Å². The van der Waals surface area contributed by atoms with Gasteiger partial charge in [-0.1, -0.05) is 17.8 Å². The van der Waals surface area contributed by atoms with Crippen molar-refractivity contribution in [1.29, 1.82) is 0 Å². The second-order valence-corrected chi connectivity index (χ2v) is 6.46. The summed E-state index contributed by atoms with van der Waals surface area (Å²) in [6, 6.07) is -0.473. The van der Waals surface area contributed by atoms with Crippen molar-refractivity contribution in [2.45, 2.75) is 48.7 Å². The third-order valence-corrected chi connectivity index (χ3v) is 5.24. The molecular formula is C13H20N2O4S. The quantitative estimate of drug-likeness (QED) is 0.599. The smallest absolute Gasteiger partial charge is 0.162 e. The van der Waals surface area contributed by atoms with E-state index in [2.05, 4.69) is 16.5 Å². The molecule has 0 aromatic heterocycles. The van der Waals surface area contributed by atoms with Gasteiger partial charge in [-0.25, -0.2) is 0 Å². The molecule has 6 atom stereocenters. The average Bonchev–Trinajstić information content (AvgIpc) is 3.10. The van der Waals surface area contributed by atoms with Crippen LogP contribution < -0.4 is 0 Å². The predicted octanol–water partition coefficient (Wildman–Crippen LogP) is -0.453. The molecular weight excluding hydrogens is 280 g/mol. The van der Waals surface area contributed by atoms with Crippen LogP contribution in [0.4, 0.5) is 0 Å². The maximum absolute atomic E-state index is 10.2. The number of fused-ring (bicyclic) bond motifs is 1. The van der Waals surface area contributed by atoms with Crippen molar-refractivity contribution < 1.29 is 20.1 Å². The lowest BCUT2D eigenvalue weighted by Crippen LogP contribution is -2.57. The highest BCUT2D eigenvalue weighted by Crippen LogP contribution is 2.38. The van der Waals surface area contributed by atoms with E-state index in [-0.39, 0.29) is 5.44 Å². The van der Waals surface area contributed by atoms with E-state index in [9.17, 15) is 15.3 Å². The van der Waals surface area contributed by atoms with Crippen LogP contribution in [-0.2, 0) is 4.74 Å². The monoisotopic (exact) mass is 300 g/mol. The normalized spacial score (nSPS) is 42.2. The fraction of sp³-hybridized carbons (Fsp3) is 0.769. The number of ether oxygens (including phenoxy) is 1. The molecule has 0 spiro atoms. The van der Waals surface area contributed by atoms with E-state index in [1.54, 1.807) is 0 Å². The molecule has 7 heteroatoms. The lowest BCUT2D eigenvalue weighted by atomic mass is 9.95. The van der Waals surface area contributed by atoms with Gasteiger partial charge in [-0.15, -0.1) is 6.58 Å². The number of amidine groups is 1. The summed E-state index contributed by atoms with van der Waals surface area (Å²) in [6.07, 6.45) is -0.436. The molecule has 0 aromatic rings. The van der Waals surface area contributed by atoms with Crippen molar-refractivity contribution in [3.8, 4) is 0 Å². The summed E-state index contributed by atoms with van der Waals surface area (Å²) in [6.45, 7) is 5.44. The van der Waals surface area contributed by atoms with Gasteiger partial charge in [0.25, 0.3) is 0 Å². The maximum atomic E-state index is 10.2. The number of rotatable bonds is 2. The highest BCUT2D eigenvalue weighted by atomic mass is 32.2. The Morgan fingerprint density at radius 1 is 1.35 bits per heavy atom. The highest BCUT2D eigenvalue weighted by Gasteiger charge is 2.50. The van der Waals surface area contributed by atoms with Gasteiger partial charge in [0.2, 0.25) is 0 Å². The van der Waals surface area contributed by atoms with Crippen LogP contribution in [0.5, 0.6) is 0 Å². The number of likely N-dealkylation sites (tertiary alicyclic amines) is 1. The van der Waals surface area contributed by atoms with E-state index in [1.165, 1.54) is 17.8 Å².